The molecule has 0 unspecified atom stereocenters. The van der Waals surface area contributed by atoms with Crippen LogP contribution in [0.1, 0.15) is 0 Å². The molecule has 0 amide bonds. The average molecular weight is 212 g/mol. The number of aromatic amines is 2. The van der Waals surface area contributed by atoms with Crippen molar-refractivity contribution in [2.24, 2.45) is 0 Å². The van der Waals surface area contributed by atoms with Crippen LogP contribution in [0.3, 0.4) is 0 Å². The van der Waals surface area contributed by atoms with Crippen LogP contribution >= 0.6 is 0 Å². The Morgan fingerprint density at radius 3 is 1.56 bits per heavy atom. The van der Waals surface area contributed by atoms with Crippen LogP contribution in [0.2, 0.25) is 0 Å². The molecule has 0 bridgehead atoms. The molecule has 2 aromatic heterocycles. The van der Waals surface area contributed by atoms with E-state index in [4.69, 9.17) is 0 Å². The van der Waals surface area contributed by atoms with Gasteiger partial charge in [0.05, 0.1) is 21.8 Å². The minimum absolute atomic E-state index is 0.143. The third-order valence-corrected chi connectivity index (χ3v) is 2.65. The van der Waals surface area contributed by atoms with E-state index in [0.29, 0.717) is 21.8 Å². The molecule has 2 N–H and O–H groups in total. The molecule has 0 saturated carbocycles. The Morgan fingerprint density at radius 2 is 1.12 bits per heavy atom. The normalized spacial score (nSPS) is 11.0. The molecule has 0 aliphatic rings. The number of aromatic nitrogens is 2. The van der Waals surface area contributed by atoms with E-state index in [9.17, 15) is 9.59 Å². The molecular formula is C12H8N2O2. The summed E-state index contributed by atoms with van der Waals surface area (Å²) in [6, 6.07) is 6.42. The fourth-order valence-corrected chi connectivity index (χ4v) is 1.94. The lowest BCUT2D eigenvalue weighted by molar-refractivity contribution is 1.37. The third-order valence-electron chi connectivity index (χ3n) is 2.65. The summed E-state index contributed by atoms with van der Waals surface area (Å²) >= 11 is 0. The van der Waals surface area contributed by atoms with Crippen LogP contribution in [-0.2, 0) is 0 Å². The molecule has 4 heteroatoms. The first-order valence-electron chi connectivity index (χ1n) is 4.89. The maximum absolute atomic E-state index is 11.8. The van der Waals surface area contributed by atoms with Gasteiger partial charge in [-0.15, -0.1) is 0 Å². The number of fused-ring (bicyclic) bond motifs is 3. The highest BCUT2D eigenvalue weighted by molar-refractivity contribution is 6.04. The lowest BCUT2D eigenvalue weighted by Gasteiger charge is -2.01. The van der Waals surface area contributed by atoms with Gasteiger partial charge >= 0.3 is 0 Å². The smallest absolute Gasteiger partial charge is 0.190 e. The molecule has 0 saturated heterocycles. The monoisotopic (exact) mass is 212 g/mol. The van der Waals surface area contributed by atoms with Gasteiger partial charge in [0.2, 0.25) is 0 Å². The zero-order valence-corrected chi connectivity index (χ0v) is 8.28. The topological polar surface area (TPSA) is 65.7 Å². The summed E-state index contributed by atoms with van der Waals surface area (Å²) in [7, 11) is 0. The molecule has 0 fully saturated rings. The van der Waals surface area contributed by atoms with Crippen LogP contribution in [0.25, 0.3) is 21.8 Å². The molecule has 0 radical (unpaired) electrons. The van der Waals surface area contributed by atoms with Gasteiger partial charge in [-0.05, 0) is 12.1 Å². The van der Waals surface area contributed by atoms with Gasteiger partial charge in [-0.3, -0.25) is 9.59 Å². The van der Waals surface area contributed by atoms with Gasteiger partial charge in [0.25, 0.3) is 0 Å². The molecule has 1 aromatic carbocycles. The Morgan fingerprint density at radius 1 is 0.688 bits per heavy atom. The van der Waals surface area contributed by atoms with E-state index in [1.807, 2.05) is 0 Å². The summed E-state index contributed by atoms with van der Waals surface area (Å²) in [5, 5.41) is 0.892. The fourth-order valence-electron chi connectivity index (χ4n) is 1.94. The van der Waals surface area contributed by atoms with Crippen LogP contribution in [-0.4, -0.2) is 9.97 Å². The van der Waals surface area contributed by atoms with Gasteiger partial charge in [-0.2, -0.15) is 0 Å². The second kappa shape index (κ2) is 3.06. The molecule has 3 rings (SSSR count). The van der Waals surface area contributed by atoms with Crippen molar-refractivity contribution in [1.82, 2.24) is 9.97 Å². The summed E-state index contributed by atoms with van der Waals surface area (Å²) < 4.78 is 0. The Hall–Kier alpha value is -2.36. The van der Waals surface area contributed by atoms with Crippen LogP contribution in [0.5, 0.6) is 0 Å². The first kappa shape index (κ1) is 8.91. The zero-order chi connectivity index (χ0) is 11.1. The number of H-pyrrole nitrogens is 2. The molecule has 0 spiro atoms. The van der Waals surface area contributed by atoms with E-state index in [1.54, 1.807) is 24.5 Å². The maximum atomic E-state index is 11.8. The maximum Gasteiger partial charge on any atom is 0.190 e. The Labute approximate surface area is 89.6 Å². The molecule has 4 nitrogen and oxygen atoms in total. The SMILES string of the molecule is O=c1cc[nH]c2ccc3[nH]ccc(=O)c3c12. The third kappa shape index (κ3) is 1.10. The quantitative estimate of drug-likeness (QED) is 0.553. The molecule has 0 aliphatic carbocycles. The molecule has 3 aromatic rings. The molecule has 78 valence electrons. The number of nitrogens with one attached hydrogen (secondary N) is 2. The molecule has 16 heavy (non-hydrogen) atoms. The van der Waals surface area contributed by atoms with Crippen molar-refractivity contribution < 1.29 is 0 Å². The van der Waals surface area contributed by atoms with Crippen LogP contribution in [0.4, 0.5) is 0 Å². The Bertz CT molecular complexity index is 730. The van der Waals surface area contributed by atoms with Crippen LogP contribution in [0.15, 0.2) is 46.2 Å². The summed E-state index contributed by atoms with van der Waals surface area (Å²) in [4.78, 5) is 29.5. The zero-order valence-electron chi connectivity index (χ0n) is 8.28. The van der Waals surface area contributed by atoms with Gasteiger partial charge in [-0.1, -0.05) is 0 Å². The standard InChI is InChI=1S/C12H8N2O2/c15-9-3-5-13-7-1-2-8-12(11(7)9)10(16)4-6-14-8/h1-6H,(H,13,15)(H,14,16). The molecule has 2 heterocycles. The van der Waals surface area contributed by atoms with E-state index in [2.05, 4.69) is 9.97 Å². The van der Waals surface area contributed by atoms with Crippen molar-refractivity contribution in [2.75, 3.05) is 0 Å². The van der Waals surface area contributed by atoms with E-state index >= 15 is 0 Å². The van der Waals surface area contributed by atoms with Gasteiger partial charge in [0.15, 0.2) is 10.9 Å². The highest BCUT2D eigenvalue weighted by Gasteiger charge is 2.06. The van der Waals surface area contributed by atoms with E-state index in [1.165, 1.54) is 12.1 Å². The average Bonchev–Trinajstić information content (AvgIpc) is 2.29. The second-order valence-corrected chi connectivity index (χ2v) is 3.59. The highest BCUT2D eigenvalue weighted by atomic mass is 16.1. The highest BCUT2D eigenvalue weighted by Crippen LogP contribution is 2.15. The van der Waals surface area contributed by atoms with Gasteiger partial charge in [-0.25, -0.2) is 0 Å². The fraction of sp³-hybridized carbons (Fsp3) is 0. The van der Waals surface area contributed by atoms with E-state index in [0.717, 1.165) is 0 Å². The number of rotatable bonds is 0. The molecular weight excluding hydrogens is 204 g/mol. The lowest BCUT2D eigenvalue weighted by atomic mass is 10.1. The van der Waals surface area contributed by atoms with Crippen molar-refractivity contribution in [3.05, 3.63) is 57.1 Å². The molecule has 0 atom stereocenters. The largest absolute Gasteiger partial charge is 0.361 e. The van der Waals surface area contributed by atoms with Crippen molar-refractivity contribution in [3.8, 4) is 0 Å². The first-order valence-corrected chi connectivity index (χ1v) is 4.89. The Balaban J connectivity index is 2.79. The minimum Gasteiger partial charge on any atom is -0.361 e. The van der Waals surface area contributed by atoms with Crippen molar-refractivity contribution in [1.29, 1.82) is 0 Å². The van der Waals surface area contributed by atoms with Gasteiger partial charge < -0.3 is 9.97 Å². The predicted molar refractivity (Wildman–Crippen MR) is 62.7 cm³/mol. The molecule has 0 aliphatic heterocycles. The number of pyridine rings is 2. The lowest BCUT2D eigenvalue weighted by Crippen LogP contribution is -2.07. The number of hydrogen-bond donors (Lipinski definition) is 2. The number of hydrogen-bond acceptors (Lipinski definition) is 2. The second-order valence-electron chi connectivity index (χ2n) is 3.59. The summed E-state index contributed by atoms with van der Waals surface area (Å²) in [5.74, 6) is 0. The number of benzene rings is 1. The van der Waals surface area contributed by atoms with Crippen LogP contribution in [0, 0.1) is 0 Å². The Kier molecular flexibility index (Phi) is 1.71. The first-order chi connectivity index (χ1) is 7.77. The van der Waals surface area contributed by atoms with E-state index in [-0.39, 0.29) is 10.9 Å². The van der Waals surface area contributed by atoms with Gasteiger partial charge in [0, 0.05) is 24.5 Å². The van der Waals surface area contributed by atoms with E-state index < -0.39 is 0 Å². The minimum atomic E-state index is -0.143. The summed E-state index contributed by atoms with van der Waals surface area (Å²) in [6.07, 6.45) is 3.15. The van der Waals surface area contributed by atoms with Crippen molar-refractivity contribution in [2.45, 2.75) is 0 Å². The van der Waals surface area contributed by atoms with Crippen molar-refractivity contribution in [3.63, 3.8) is 0 Å². The summed E-state index contributed by atoms with van der Waals surface area (Å²) in [5.41, 5.74) is 1.07. The van der Waals surface area contributed by atoms with Crippen molar-refractivity contribution >= 4 is 21.8 Å². The van der Waals surface area contributed by atoms with Gasteiger partial charge in [0.1, 0.15) is 0 Å². The summed E-state index contributed by atoms with van der Waals surface area (Å²) in [6.45, 7) is 0. The predicted octanol–water partition coefficient (Wildman–Crippen LogP) is 1.37. The van der Waals surface area contributed by atoms with Crippen LogP contribution < -0.4 is 10.9 Å².